The van der Waals surface area contributed by atoms with E-state index in [9.17, 15) is 5.11 Å². The van der Waals surface area contributed by atoms with Crippen LogP contribution in [0.1, 0.15) is 69.8 Å². The Hall–Kier alpha value is -2.01. The zero-order valence-electron chi connectivity index (χ0n) is 20.7. The van der Waals surface area contributed by atoms with E-state index in [1.54, 1.807) is 5.57 Å². The summed E-state index contributed by atoms with van der Waals surface area (Å²) in [7, 11) is 0. The van der Waals surface area contributed by atoms with E-state index < -0.39 is 0 Å². The van der Waals surface area contributed by atoms with Crippen LogP contribution >= 0.6 is 0 Å². The number of benzene rings is 1. The highest BCUT2D eigenvalue weighted by molar-refractivity contribution is 5.82. The zero-order chi connectivity index (χ0) is 23.4. The number of hydrogen-bond donors (Lipinski definition) is 1. The van der Waals surface area contributed by atoms with Gasteiger partial charge in [0, 0.05) is 36.9 Å². The molecule has 1 unspecified atom stereocenters. The third kappa shape index (κ3) is 2.77. The van der Waals surface area contributed by atoms with Gasteiger partial charge in [-0.15, -0.1) is 0 Å². The number of likely N-dealkylation sites (tertiary alicyclic amines) is 1. The molecule has 2 saturated carbocycles. The van der Waals surface area contributed by atoms with Crippen LogP contribution in [0, 0.1) is 11.3 Å². The standard InChI is InChI=1S/C31H36N2O2/c1-29-10-8-24-15-23-4-5-25(33-18-26(34)19-33)16-30(23)11-12-31(24,35-30)28(29)7-6-27(29)21-3-2-20-9-13-32-17-22(20)14-21/h2-3,8-9,13-15,17,25-28,34H,4-7,10-12,16,18-19H2,1H3/t25-,27?,28-,29+,30-,31-/m1/s1. The van der Waals surface area contributed by atoms with E-state index in [2.05, 4.69) is 53.2 Å². The van der Waals surface area contributed by atoms with Crippen molar-refractivity contribution in [2.75, 3.05) is 13.1 Å². The molecule has 8 rings (SSSR count). The topological polar surface area (TPSA) is 45.6 Å². The summed E-state index contributed by atoms with van der Waals surface area (Å²) in [5.41, 5.74) is 4.62. The Balaban J connectivity index is 1.14. The van der Waals surface area contributed by atoms with Gasteiger partial charge in [-0.3, -0.25) is 9.88 Å². The summed E-state index contributed by atoms with van der Waals surface area (Å²) in [5, 5.41) is 12.4. The minimum atomic E-state index is -0.124. The normalized spacial score (nSPS) is 42.6. The van der Waals surface area contributed by atoms with Crippen molar-refractivity contribution in [1.29, 1.82) is 0 Å². The lowest BCUT2D eigenvalue weighted by Crippen LogP contribution is -2.60. The maximum absolute atomic E-state index is 9.88. The summed E-state index contributed by atoms with van der Waals surface area (Å²) in [6.07, 6.45) is 18.4. The lowest BCUT2D eigenvalue weighted by Gasteiger charge is -2.55. The smallest absolute Gasteiger partial charge is 0.0974 e. The first-order valence-electron chi connectivity index (χ1n) is 13.9. The van der Waals surface area contributed by atoms with E-state index in [1.165, 1.54) is 54.0 Å². The Kier molecular flexibility index (Phi) is 4.26. The Morgan fingerprint density at radius 1 is 1.09 bits per heavy atom. The van der Waals surface area contributed by atoms with Crippen molar-refractivity contribution in [3.05, 3.63) is 65.5 Å². The largest absolute Gasteiger partial charge is 0.390 e. The number of hydrogen-bond acceptors (Lipinski definition) is 4. The van der Waals surface area contributed by atoms with E-state index >= 15 is 0 Å². The van der Waals surface area contributed by atoms with Crippen LogP contribution in [0.15, 0.2) is 60.0 Å². The van der Waals surface area contributed by atoms with Crippen LogP contribution in [0.2, 0.25) is 0 Å². The molecule has 4 heteroatoms. The molecule has 182 valence electrons. The molecule has 2 spiro atoms. The number of allylic oxidation sites excluding steroid dienone is 1. The number of ether oxygens (including phenoxy) is 1. The number of rotatable bonds is 2. The quantitative estimate of drug-likeness (QED) is 0.630. The summed E-state index contributed by atoms with van der Waals surface area (Å²) in [6, 6.07) is 9.75. The molecule has 1 aromatic carbocycles. The third-order valence-corrected chi connectivity index (χ3v) is 11.1. The number of aromatic nitrogens is 1. The number of fused-ring (bicyclic) bond motifs is 2. The summed E-state index contributed by atoms with van der Waals surface area (Å²) in [6.45, 7) is 4.25. The van der Waals surface area contributed by atoms with Gasteiger partial charge in [-0.05, 0) is 103 Å². The number of β-amino-alcohol motifs (C(OH)–C–C–N with tert-alkyl or cyclic N) is 1. The molecule has 2 bridgehead atoms. The Labute approximate surface area is 208 Å². The van der Waals surface area contributed by atoms with Gasteiger partial charge in [-0.1, -0.05) is 31.2 Å². The van der Waals surface area contributed by atoms with Gasteiger partial charge in [0.05, 0.1) is 17.3 Å². The second-order valence-corrected chi connectivity index (χ2v) is 12.7. The average Bonchev–Trinajstić information content (AvgIpc) is 3.36. The van der Waals surface area contributed by atoms with Crippen LogP contribution < -0.4 is 0 Å². The molecule has 3 aliphatic carbocycles. The molecule has 0 amide bonds. The number of pyridine rings is 1. The van der Waals surface area contributed by atoms with E-state index in [0.29, 0.717) is 17.9 Å². The van der Waals surface area contributed by atoms with Crippen LogP contribution in [0.25, 0.3) is 10.8 Å². The summed E-state index contributed by atoms with van der Waals surface area (Å²) >= 11 is 0. The molecule has 35 heavy (non-hydrogen) atoms. The minimum absolute atomic E-state index is 0.0637. The van der Waals surface area contributed by atoms with Crippen molar-refractivity contribution in [2.45, 2.75) is 87.6 Å². The first-order valence-corrected chi connectivity index (χ1v) is 13.9. The van der Waals surface area contributed by atoms with Crippen molar-refractivity contribution < 1.29 is 9.84 Å². The van der Waals surface area contributed by atoms with Gasteiger partial charge < -0.3 is 9.84 Å². The van der Waals surface area contributed by atoms with Crippen LogP contribution in [0.5, 0.6) is 0 Å². The van der Waals surface area contributed by atoms with E-state index in [0.717, 1.165) is 32.4 Å². The van der Waals surface area contributed by atoms with Crippen molar-refractivity contribution in [3.8, 4) is 0 Å². The molecule has 2 aromatic rings. The SMILES string of the molecule is C[C@@]12CC=C3C=C4CC[C@@H](N5CC(O)C5)C[C@]45CC[C@]3(O5)[C@@H]1CCC2c1ccc2ccncc2c1. The van der Waals surface area contributed by atoms with Crippen molar-refractivity contribution >= 4 is 10.8 Å². The lowest BCUT2D eigenvalue weighted by atomic mass is 9.58. The third-order valence-electron chi connectivity index (χ3n) is 11.1. The summed E-state index contributed by atoms with van der Waals surface area (Å²) < 4.78 is 7.45. The molecule has 6 aliphatic rings. The highest BCUT2D eigenvalue weighted by Crippen LogP contribution is 2.69. The number of nitrogens with zero attached hydrogens (tertiary/aromatic N) is 2. The molecule has 1 N–H and O–H groups in total. The van der Waals surface area contributed by atoms with Gasteiger partial charge in [-0.25, -0.2) is 0 Å². The Bertz CT molecular complexity index is 1280. The molecule has 4 fully saturated rings. The van der Waals surface area contributed by atoms with Gasteiger partial charge in [-0.2, -0.15) is 0 Å². The predicted molar refractivity (Wildman–Crippen MR) is 137 cm³/mol. The molecule has 0 radical (unpaired) electrons. The monoisotopic (exact) mass is 468 g/mol. The fourth-order valence-corrected chi connectivity index (χ4v) is 9.35. The van der Waals surface area contributed by atoms with Crippen LogP contribution in [0.4, 0.5) is 0 Å². The molecule has 2 saturated heterocycles. The molecule has 4 heterocycles. The molecule has 4 nitrogen and oxygen atoms in total. The predicted octanol–water partition coefficient (Wildman–Crippen LogP) is 5.52. The maximum atomic E-state index is 9.88. The molecular weight excluding hydrogens is 432 g/mol. The average molecular weight is 469 g/mol. The number of aliphatic hydroxyl groups is 1. The fourth-order valence-electron chi connectivity index (χ4n) is 9.35. The van der Waals surface area contributed by atoms with E-state index in [4.69, 9.17) is 4.74 Å². The second-order valence-electron chi connectivity index (χ2n) is 12.7. The summed E-state index contributed by atoms with van der Waals surface area (Å²) in [5.74, 6) is 1.14. The molecule has 3 aliphatic heterocycles. The molecule has 1 aromatic heterocycles. The van der Waals surface area contributed by atoms with Gasteiger partial charge in [0.15, 0.2) is 0 Å². The Morgan fingerprint density at radius 3 is 2.89 bits per heavy atom. The van der Waals surface area contributed by atoms with Crippen LogP contribution in [-0.4, -0.2) is 51.4 Å². The highest BCUT2D eigenvalue weighted by Gasteiger charge is 2.66. The lowest BCUT2D eigenvalue weighted by molar-refractivity contribution is -0.147. The first-order chi connectivity index (χ1) is 17.0. The van der Waals surface area contributed by atoms with Gasteiger partial charge in [0.2, 0.25) is 0 Å². The maximum Gasteiger partial charge on any atom is 0.0974 e. The van der Waals surface area contributed by atoms with E-state index in [-0.39, 0.29) is 22.7 Å². The van der Waals surface area contributed by atoms with Crippen molar-refractivity contribution in [1.82, 2.24) is 9.88 Å². The minimum Gasteiger partial charge on any atom is -0.390 e. The molecule has 6 atom stereocenters. The van der Waals surface area contributed by atoms with Crippen LogP contribution in [0.3, 0.4) is 0 Å². The van der Waals surface area contributed by atoms with E-state index in [1.807, 2.05) is 12.4 Å². The first kappa shape index (κ1) is 21.1. The summed E-state index contributed by atoms with van der Waals surface area (Å²) in [4.78, 5) is 6.88. The van der Waals surface area contributed by atoms with Gasteiger partial charge in [0.1, 0.15) is 0 Å². The van der Waals surface area contributed by atoms with Crippen molar-refractivity contribution in [3.63, 3.8) is 0 Å². The molecular formula is C31H36N2O2. The Morgan fingerprint density at radius 2 is 2.00 bits per heavy atom. The second kappa shape index (κ2) is 7.06. The highest BCUT2D eigenvalue weighted by atomic mass is 16.5. The zero-order valence-corrected chi connectivity index (χ0v) is 20.7. The van der Waals surface area contributed by atoms with Gasteiger partial charge in [0.25, 0.3) is 0 Å². The fraction of sp³-hybridized carbons (Fsp3) is 0.581. The van der Waals surface area contributed by atoms with Crippen molar-refractivity contribution in [2.24, 2.45) is 11.3 Å². The van der Waals surface area contributed by atoms with Gasteiger partial charge >= 0.3 is 0 Å². The number of aliphatic hydroxyl groups excluding tert-OH is 1. The van der Waals surface area contributed by atoms with Crippen LogP contribution in [-0.2, 0) is 4.74 Å².